The third-order valence-electron chi connectivity index (χ3n) is 5.51. The van der Waals surface area contributed by atoms with Crippen LogP contribution in [0.5, 0.6) is 0 Å². The summed E-state index contributed by atoms with van der Waals surface area (Å²) in [5.74, 6) is 0.698. The number of hydrogen-bond donors (Lipinski definition) is 0. The van der Waals surface area contributed by atoms with Crippen LogP contribution in [0, 0.1) is 18.8 Å². The first-order valence-electron chi connectivity index (χ1n) is 9.62. The molecule has 2 amide bonds. The van der Waals surface area contributed by atoms with Crippen molar-refractivity contribution in [2.24, 2.45) is 11.8 Å². The number of carbonyl (C=O) groups excluding carboxylic acids is 2. The van der Waals surface area contributed by atoms with Gasteiger partial charge in [-0.1, -0.05) is 0 Å². The molecule has 2 aliphatic rings. The van der Waals surface area contributed by atoms with Crippen LogP contribution in [0.4, 0.5) is 0 Å². The van der Waals surface area contributed by atoms with Crippen LogP contribution < -0.4 is 0 Å². The van der Waals surface area contributed by atoms with Gasteiger partial charge in [-0.25, -0.2) is 0 Å². The van der Waals surface area contributed by atoms with E-state index in [4.69, 9.17) is 0 Å². The maximum absolute atomic E-state index is 12.8. The van der Waals surface area contributed by atoms with Crippen LogP contribution in [0.25, 0.3) is 0 Å². The van der Waals surface area contributed by atoms with Crippen LogP contribution in [-0.2, 0) is 16.1 Å². The lowest BCUT2D eigenvalue weighted by molar-refractivity contribution is -0.137. The highest BCUT2D eigenvalue weighted by Gasteiger charge is 2.37. The molecule has 26 heavy (non-hydrogen) atoms. The van der Waals surface area contributed by atoms with Crippen LogP contribution in [0.2, 0.25) is 0 Å². The minimum atomic E-state index is -0.157. The lowest BCUT2D eigenvalue weighted by atomic mass is 9.95. The Hall–Kier alpha value is -1.89. The van der Waals surface area contributed by atoms with E-state index < -0.39 is 0 Å². The zero-order valence-corrected chi connectivity index (χ0v) is 16.2. The Labute approximate surface area is 155 Å². The minimum absolute atomic E-state index is 0.120. The Balaban J connectivity index is 1.45. The summed E-state index contributed by atoms with van der Waals surface area (Å²) < 4.78 is 2.01. The summed E-state index contributed by atoms with van der Waals surface area (Å²) in [5.41, 5.74) is 1.18. The van der Waals surface area contributed by atoms with Gasteiger partial charge in [-0.15, -0.1) is 0 Å². The molecule has 3 rings (SSSR count). The standard InChI is InChI=1S/C19H31N5O2/c1-15-11-20-24(12-15)13-16-4-6-22(7-5-16)19(26)17-10-18(25)23(14-17)9-8-21(2)3/h11-12,16-17H,4-10,13-14H2,1-3H3/t17-/m1/s1. The minimum Gasteiger partial charge on any atom is -0.342 e. The molecule has 144 valence electrons. The van der Waals surface area contributed by atoms with Gasteiger partial charge in [0.1, 0.15) is 0 Å². The van der Waals surface area contributed by atoms with Crippen LogP contribution in [0.3, 0.4) is 0 Å². The Morgan fingerprint density at radius 2 is 2.04 bits per heavy atom. The molecule has 0 N–H and O–H groups in total. The predicted octanol–water partition coefficient (Wildman–Crippen LogP) is 0.840. The highest BCUT2D eigenvalue weighted by atomic mass is 16.2. The molecule has 3 heterocycles. The van der Waals surface area contributed by atoms with Crippen molar-refractivity contribution in [3.8, 4) is 0 Å². The molecular weight excluding hydrogens is 330 g/mol. The van der Waals surface area contributed by atoms with Gasteiger partial charge in [0.2, 0.25) is 11.8 Å². The van der Waals surface area contributed by atoms with E-state index >= 15 is 0 Å². The molecule has 7 nitrogen and oxygen atoms in total. The van der Waals surface area contributed by atoms with Crippen molar-refractivity contribution in [2.75, 3.05) is 46.8 Å². The summed E-state index contributed by atoms with van der Waals surface area (Å²) >= 11 is 0. The van der Waals surface area contributed by atoms with Gasteiger partial charge in [0, 0.05) is 51.9 Å². The van der Waals surface area contributed by atoms with Crippen molar-refractivity contribution in [3.05, 3.63) is 18.0 Å². The molecule has 0 bridgehead atoms. The Morgan fingerprint density at radius 3 is 2.65 bits per heavy atom. The topological polar surface area (TPSA) is 61.7 Å². The third-order valence-corrected chi connectivity index (χ3v) is 5.51. The summed E-state index contributed by atoms with van der Waals surface area (Å²) in [4.78, 5) is 30.9. The molecule has 0 spiro atoms. The second-order valence-electron chi connectivity index (χ2n) is 8.05. The summed E-state index contributed by atoms with van der Waals surface area (Å²) in [6.45, 7) is 6.70. The molecule has 2 fully saturated rings. The number of aromatic nitrogens is 2. The number of aryl methyl sites for hydroxylation is 1. The monoisotopic (exact) mass is 361 g/mol. The maximum Gasteiger partial charge on any atom is 0.227 e. The van der Waals surface area contributed by atoms with Crippen LogP contribution in [0.1, 0.15) is 24.8 Å². The summed E-state index contributed by atoms with van der Waals surface area (Å²) in [5, 5.41) is 4.36. The van der Waals surface area contributed by atoms with E-state index in [9.17, 15) is 9.59 Å². The van der Waals surface area contributed by atoms with Crippen molar-refractivity contribution < 1.29 is 9.59 Å². The maximum atomic E-state index is 12.8. The van der Waals surface area contributed by atoms with E-state index in [0.717, 1.165) is 39.0 Å². The Kier molecular flexibility index (Phi) is 5.96. The average Bonchev–Trinajstić information content (AvgIpc) is 3.18. The van der Waals surface area contributed by atoms with E-state index in [1.807, 2.05) is 34.8 Å². The second kappa shape index (κ2) is 8.20. The van der Waals surface area contributed by atoms with Gasteiger partial charge < -0.3 is 14.7 Å². The zero-order valence-electron chi connectivity index (χ0n) is 16.2. The number of amides is 2. The van der Waals surface area contributed by atoms with Gasteiger partial charge in [-0.05, 0) is 45.3 Å². The average molecular weight is 361 g/mol. The molecule has 7 heteroatoms. The van der Waals surface area contributed by atoms with Gasteiger partial charge in [-0.3, -0.25) is 14.3 Å². The van der Waals surface area contributed by atoms with E-state index in [0.29, 0.717) is 25.4 Å². The summed E-state index contributed by atoms with van der Waals surface area (Å²) in [7, 11) is 4.00. The third kappa shape index (κ3) is 4.63. The molecular formula is C19H31N5O2. The first kappa shape index (κ1) is 18.9. The molecule has 0 saturated carbocycles. The van der Waals surface area contributed by atoms with Gasteiger partial charge >= 0.3 is 0 Å². The van der Waals surface area contributed by atoms with E-state index in [2.05, 4.69) is 23.1 Å². The fourth-order valence-electron chi connectivity index (χ4n) is 3.90. The number of rotatable bonds is 6. The molecule has 2 saturated heterocycles. The first-order chi connectivity index (χ1) is 12.4. The number of likely N-dealkylation sites (N-methyl/N-ethyl adjacent to an activating group) is 1. The van der Waals surface area contributed by atoms with Gasteiger partial charge in [-0.2, -0.15) is 5.10 Å². The summed E-state index contributed by atoms with van der Waals surface area (Å²) in [6, 6.07) is 0. The van der Waals surface area contributed by atoms with Crippen LogP contribution >= 0.6 is 0 Å². The van der Waals surface area contributed by atoms with Crippen molar-refractivity contribution in [1.82, 2.24) is 24.5 Å². The molecule has 1 aromatic rings. The van der Waals surface area contributed by atoms with E-state index in [1.165, 1.54) is 5.56 Å². The first-order valence-corrected chi connectivity index (χ1v) is 9.62. The van der Waals surface area contributed by atoms with E-state index in [-0.39, 0.29) is 17.7 Å². The summed E-state index contributed by atoms with van der Waals surface area (Å²) in [6.07, 6.45) is 6.35. The van der Waals surface area contributed by atoms with Crippen molar-refractivity contribution in [2.45, 2.75) is 32.7 Å². The number of piperidine rings is 1. The van der Waals surface area contributed by atoms with Gasteiger partial charge in [0.05, 0.1) is 12.1 Å². The number of hydrogen-bond acceptors (Lipinski definition) is 4. The molecule has 0 aromatic carbocycles. The fourth-order valence-corrected chi connectivity index (χ4v) is 3.90. The molecule has 0 radical (unpaired) electrons. The van der Waals surface area contributed by atoms with Gasteiger partial charge in [0.25, 0.3) is 0 Å². The molecule has 1 atom stereocenters. The number of carbonyl (C=O) groups is 2. The van der Waals surface area contributed by atoms with Crippen molar-refractivity contribution in [3.63, 3.8) is 0 Å². The fraction of sp³-hybridized carbons (Fsp3) is 0.737. The van der Waals surface area contributed by atoms with Crippen molar-refractivity contribution in [1.29, 1.82) is 0 Å². The largest absolute Gasteiger partial charge is 0.342 e. The molecule has 0 unspecified atom stereocenters. The van der Waals surface area contributed by atoms with Crippen LogP contribution in [0.15, 0.2) is 12.4 Å². The Morgan fingerprint density at radius 1 is 1.31 bits per heavy atom. The molecule has 0 aliphatic carbocycles. The predicted molar refractivity (Wildman–Crippen MR) is 99.5 cm³/mol. The molecule has 2 aliphatic heterocycles. The smallest absolute Gasteiger partial charge is 0.227 e. The Bertz CT molecular complexity index is 634. The lowest BCUT2D eigenvalue weighted by Gasteiger charge is -2.33. The number of likely N-dealkylation sites (tertiary alicyclic amines) is 2. The zero-order chi connectivity index (χ0) is 18.7. The lowest BCUT2D eigenvalue weighted by Crippen LogP contribution is -2.43. The van der Waals surface area contributed by atoms with Gasteiger partial charge in [0.15, 0.2) is 0 Å². The highest BCUT2D eigenvalue weighted by molar-refractivity contribution is 5.89. The quantitative estimate of drug-likeness (QED) is 0.753. The van der Waals surface area contributed by atoms with Crippen LogP contribution in [-0.4, -0.2) is 83.1 Å². The highest BCUT2D eigenvalue weighted by Crippen LogP contribution is 2.24. The SMILES string of the molecule is Cc1cnn(CC2CCN(C(=O)[C@@H]3CC(=O)N(CCN(C)C)C3)CC2)c1. The normalized spacial score (nSPS) is 21.8. The van der Waals surface area contributed by atoms with E-state index in [1.54, 1.807) is 0 Å². The molecule has 1 aromatic heterocycles. The number of nitrogens with zero attached hydrogens (tertiary/aromatic N) is 5. The van der Waals surface area contributed by atoms with Crippen molar-refractivity contribution >= 4 is 11.8 Å². The second-order valence-corrected chi connectivity index (χ2v) is 8.05.